The second-order valence-corrected chi connectivity index (χ2v) is 6.33. The number of hydrogen-bond acceptors (Lipinski definition) is 2. The number of anilines is 1. The highest BCUT2D eigenvalue weighted by Crippen LogP contribution is 2.32. The van der Waals surface area contributed by atoms with Gasteiger partial charge in [-0.2, -0.15) is 0 Å². The van der Waals surface area contributed by atoms with Crippen LogP contribution in [-0.4, -0.2) is 9.38 Å². The number of pyridine rings is 1. The van der Waals surface area contributed by atoms with Gasteiger partial charge < -0.3 is 5.73 Å². The maximum absolute atomic E-state index is 6.20. The molecule has 0 aliphatic heterocycles. The molecule has 0 fully saturated rings. The van der Waals surface area contributed by atoms with Crippen LogP contribution in [0, 0.1) is 6.92 Å². The van der Waals surface area contributed by atoms with Crippen LogP contribution in [0.3, 0.4) is 0 Å². The van der Waals surface area contributed by atoms with E-state index < -0.39 is 0 Å². The molecule has 3 rings (SSSR count). The van der Waals surface area contributed by atoms with Crippen LogP contribution < -0.4 is 5.73 Å². The molecule has 1 aromatic carbocycles. The Balaban J connectivity index is 2.32. The number of benzene rings is 1. The lowest BCUT2D eigenvalue weighted by Crippen LogP contribution is -1.95. The highest BCUT2D eigenvalue weighted by molar-refractivity contribution is 9.10. The second-order valence-electron chi connectivity index (χ2n) is 4.54. The van der Waals surface area contributed by atoms with E-state index in [1.165, 1.54) is 0 Å². The molecule has 0 amide bonds. The first-order valence-electron chi connectivity index (χ1n) is 5.86. The van der Waals surface area contributed by atoms with Crippen molar-refractivity contribution < 1.29 is 0 Å². The zero-order chi connectivity index (χ0) is 14.4. The molecule has 0 radical (unpaired) electrons. The third-order valence-electron chi connectivity index (χ3n) is 3.04. The predicted molar refractivity (Wildman–Crippen MR) is 87.5 cm³/mol. The summed E-state index contributed by atoms with van der Waals surface area (Å²) in [5.41, 5.74) is 9.53. The lowest BCUT2D eigenvalue weighted by atomic mass is 10.1. The Bertz CT molecular complexity index is 807. The summed E-state index contributed by atoms with van der Waals surface area (Å²) in [6.07, 6.45) is 1.89. The topological polar surface area (TPSA) is 43.3 Å². The van der Waals surface area contributed by atoms with Crippen molar-refractivity contribution in [2.24, 2.45) is 0 Å². The highest BCUT2D eigenvalue weighted by atomic mass is 79.9. The molecule has 102 valence electrons. The van der Waals surface area contributed by atoms with Gasteiger partial charge in [0.15, 0.2) is 0 Å². The number of halogens is 3. The Morgan fingerprint density at radius 2 is 1.80 bits per heavy atom. The fourth-order valence-corrected chi connectivity index (χ4v) is 3.26. The molecule has 2 heterocycles. The van der Waals surface area contributed by atoms with E-state index in [4.69, 9.17) is 28.9 Å². The summed E-state index contributed by atoms with van der Waals surface area (Å²) >= 11 is 15.5. The highest BCUT2D eigenvalue weighted by Gasteiger charge is 2.14. The van der Waals surface area contributed by atoms with Crippen LogP contribution in [0.5, 0.6) is 0 Å². The van der Waals surface area contributed by atoms with Gasteiger partial charge in [0.05, 0.1) is 0 Å². The van der Waals surface area contributed by atoms with Gasteiger partial charge in [0, 0.05) is 26.3 Å². The molecule has 0 bridgehead atoms. The summed E-state index contributed by atoms with van der Waals surface area (Å²) in [7, 11) is 0. The van der Waals surface area contributed by atoms with Crippen molar-refractivity contribution in [2.45, 2.75) is 6.92 Å². The standard InChI is InChI=1S/C14H10BrCl2N3/c1-7-2-9(15)6-20-13(18)12(19-14(7)20)8-3-10(16)5-11(17)4-8/h2-6H,18H2,1H3. The summed E-state index contributed by atoms with van der Waals surface area (Å²) in [5.74, 6) is 0.558. The van der Waals surface area contributed by atoms with E-state index in [9.17, 15) is 0 Å². The molecule has 0 aliphatic carbocycles. The van der Waals surface area contributed by atoms with Gasteiger partial charge >= 0.3 is 0 Å². The van der Waals surface area contributed by atoms with Gasteiger partial charge in [-0.25, -0.2) is 4.98 Å². The molecule has 2 aromatic heterocycles. The van der Waals surface area contributed by atoms with Crippen molar-refractivity contribution in [3.8, 4) is 11.3 Å². The fourth-order valence-electron chi connectivity index (χ4n) is 2.19. The Morgan fingerprint density at radius 3 is 2.45 bits per heavy atom. The molecule has 0 aliphatic rings. The van der Waals surface area contributed by atoms with Crippen molar-refractivity contribution in [1.29, 1.82) is 0 Å². The fraction of sp³-hybridized carbons (Fsp3) is 0.0714. The molecule has 0 atom stereocenters. The first-order chi connectivity index (χ1) is 9.45. The molecule has 2 N–H and O–H groups in total. The molecule has 6 heteroatoms. The minimum atomic E-state index is 0.557. The van der Waals surface area contributed by atoms with Gasteiger partial charge in [-0.15, -0.1) is 0 Å². The number of aryl methyl sites for hydroxylation is 1. The second kappa shape index (κ2) is 4.95. The molecule has 0 saturated heterocycles. The van der Waals surface area contributed by atoms with Crippen LogP contribution in [0.25, 0.3) is 16.9 Å². The molecular formula is C14H10BrCl2N3. The summed E-state index contributed by atoms with van der Waals surface area (Å²) in [5, 5.41) is 1.11. The van der Waals surface area contributed by atoms with Crippen LogP contribution in [0.2, 0.25) is 10.0 Å². The Hall–Kier alpha value is -1.23. The van der Waals surface area contributed by atoms with E-state index in [0.717, 1.165) is 21.2 Å². The molecular weight excluding hydrogens is 361 g/mol. The molecule has 3 nitrogen and oxygen atoms in total. The van der Waals surface area contributed by atoms with Gasteiger partial charge in [0.25, 0.3) is 0 Å². The monoisotopic (exact) mass is 369 g/mol. The lowest BCUT2D eigenvalue weighted by molar-refractivity contribution is 1.16. The van der Waals surface area contributed by atoms with Crippen LogP contribution in [0.1, 0.15) is 5.56 Å². The van der Waals surface area contributed by atoms with Gasteiger partial charge in [0.1, 0.15) is 17.2 Å². The van der Waals surface area contributed by atoms with Crippen LogP contribution in [0.4, 0.5) is 5.82 Å². The van der Waals surface area contributed by atoms with Crippen molar-refractivity contribution in [3.63, 3.8) is 0 Å². The quantitative estimate of drug-likeness (QED) is 0.657. The lowest BCUT2D eigenvalue weighted by Gasteiger charge is -2.02. The Morgan fingerprint density at radius 1 is 1.15 bits per heavy atom. The van der Waals surface area contributed by atoms with Crippen LogP contribution in [-0.2, 0) is 0 Å². The number of aromatic nitrogens is 2. The van der Waals surface area contributed by atoms with Gasteiger partial charge in [0.2, 0.25) is 0 Å². The maximum atomic E-state index is 6.20. The molecule has 3 aromatic rings. The van der Waals surface area contributed by atoms with E-state index in [-0.39, 0.29) is 0 Å². The molecule has 0 unspecified atom stereocenters. The van der Waals surface area contributed by atoms with Gasteiger partial charge in [-0.05, 0) is 52.7 Å². The average molecular weight is 371 g/mol. The minimum absolute atomic E-state index is 0.557. The largest absolute Gasteiger partial charge is 0.383 e. The number of nitrogen functional groups attached to an aromatic ring is 1. The van der Waals surface area contributed by atoms with Crippen LogP contribution >= 0.6 is 39.1 Å². The summed E-state index contributed by atoms with van der Waals surface area (Å²) in [6, 6.07) is 7.28. The number of nitrogens with zero attached hydrogens (tertiary/aromatic N) is 2. The zero-order valence-corrected chi connectivity index (χ0v) is 13.6. The van der Waals surface area contributed by atoms with Crippen molar-refractivity contribution in [1.82, 2.24) is 9.38 Å². The predicted octanol–water partition coefficient (Wildman–Crippen LogP) is 4.96. The first-order valence-corrected chi connectivity index (χ1v) is 7.41. The normalized spacial score (nSPS) is 11.2. The Labute approximate surface area is 134 Å². The van der Waals surface area contributed by atoms with Gasteiger partial charge in [-0.1, -0.05) is 23.2 Å². The maximum Gasteiger partial charge on any atom is 0.142 e. The third-order valence-corrected chi connectivity index (χ3v) is 3.91. The van der Waals surface area contributed by atoms with E-state index >= 15 is 0 Å². The summed E-state index contributed by atoms with van der Waals surface area (Å²) in [6.45, 7) is 1.99. The van der Waals surface area contributed by atoms with Crippen molar-refractivity contribution in [3.05, 3.63) is 50.5 Å². The first kappa shape index (κ1) is 13.7. The van der Waals surface area contributed by atoms with Crippen molar-refractivity contribution in [2.75, 3.05) is 5.73 Å². The number of fused-ring (bicyclic) bond motifs is 1. The van der Waals surface area contributed by atoms with E-state index in [1.807, 2.05) is 23.6 Å². The van der Waals surface area contributed by atoms with E-state index in [2.05, 4.69) is 20.9 Å². The van der Waals surface area contributed by atoms with Crippen molar-refractivity contribution >= 4 is 50.6 Å². The summed E-state index contributed by atoms with van der Waals surface area (Å²) < 4.78 is 2.80. The molecule has 20 heavy (non-hydrogen) atoms. The zero-order valence-electron chi connectivity index (χ0n) is 10.5. The summed E-state index contributed by atoms with van der Waals surface area (Å²) in [4.78, 5) is 4.61. The number of imidazole rings is 1. The van der Waals surface area contributed by atoms with Gasteiger partial charge in [-0.3, -0.25) is 4.40 Å². The molecule has 0 saturated carbocycles. The number of hydrogen-bond donors (Lipinski definition) is 1. The SMILES string of the molecule is Cc1cc(Br)cn2c(N)c(-c3cc(Cl)cc(Cl)c3)nc12. The van der Waals surface area contributed by atoms with E-state index in [0.29, 0.717) is 21.6 Å². The number of rotatable bonds is 1. The minimum Gasteiger partial charge on any atom is -0.383 e. The molecule has 0 spiro atoms. The Kier molecular flexibility index (Phi) is 3.40. The average Bonchev–Trinajstić information content (AvgIpc) is 2.66. The number of nitrogens with two attached hydrogens (primary N) is 1. The smallest absolute Gasteiger partial charge is 0.142 e. The third kappa shape index (κ3) is 2.28. The van der Waals surface area contributed by atoms with Crippen LogP contribution in [0.15, 0.2) is 34.9 Å². The van der Waals surface area contributed by atoms with E-state index in [1.54, 1.807) is 18.2 Å².